The fourth-order valence-corrected chi connectivity index (χ4v) is 1.23. The Kier molecular flexibility index (Phi) is 3.28. The van der Waals surface area contributed by atoms with Crippen molar-refractivity contribution in [3.8, 4) is 5.75 Å². The fourth-order valence-electron chi connectivity index (χ4n) is 0.769. The summed E-state index contributed by atoms with van der Waals surface area (Å²) in [7, 11) is 0. The van der Waals surface area contributed by atoms with Gasteiger partial charge in [-0.3, -0.25) is 10.1 Å². The van der Waals surface area contributed by atoms with E-state index in [9.17, 15) is 18.9 Å². The zero-order valence-corrected chi connectivity index (χ0v) is 8.07. The molecule has 0 atom stereocenters. The zero-order valence-electron chi connectivity index (χ0n) is 6.49. The lowest BCUT2D eigenvalue weighted by atomic mass is 10.4. The van der Waals surface area contributed by atoms with Gasteiger partial charge in [0.05, 0.1) is 4.92 Å². The van der Waals surface area contributed by atoms with Crippen LogP contribution in [-0.2, 0) is 0 Å². The van der Waals surface area contributed by atoms with Crippen molar-refractivity contribution >= 4 is 21.6 Å². The van der Waals surface area contributed by atoms with Gasteiger partial charge in [0, 0.05) is 12.3 Å². The molecule has 1 heterocycles. The smallest absolute Gasteiger partial charge is 0.387 e. The van der Waals surface area contributed by atoms with Crippen LogP contribution in [0.2, 0.25) is 0 Å². The molecule has 0 N–H and O–H groups in total. The summed E-state index contributed by atoms with van der Waals surface area (Å²) in [6, 6.07) is 0.995. The number of rotatable bonds is 3. The number of pyridine rings is 1. The summed E-state index contributed by atoms with van der Waals surface area (Å²) in [5, 5.41) is 10.4. The molecule has 0 saturated carbocycles. The van der Waals surface area contributed by atoms with E-state index in [1.165, 1.54) is 0 Å². The molecule has 0 aliphatic carbocycles. The van der Waals surface area contributed by atoms with Crippen molar-refractivity contribution in [1.29, 1.82) is 0 Å². The minimum atomic E-state index is -3.11. The van der Waals surface area contributed by atoms with Crippen molar-refractivity contribution in [2.45, 2.75) is 6.61 Å². The topological polar surface area (TPSA) is 65.3 Å². The number of ether oxygens (including phenoxy) is 1. The first-order valence-electron chi connectivity index (χ1n) is 3.26. The number of halogens is 3. The van der Waals surface area contributed by atoms with Crippen LogP contribution in [0.15, 0.2) is 16.9 Å². The molecule has 0 bridgehead atoms. The first kappa shape index (κ1) is 10.8. The molecular weight excluding hydrogens is 266 g/mol. The predicted octanol–water partition coefficient (Wildman–Crippen LogP) is 2.35. The van der Waals surface area contributed by atoms with E-state index in [2.05, 4.69) is 25.7 Å². The maximum atomic E-state index is 11.8. The van der Waals surface area contributed by atoms with Crippen LogP contribution in [0.3, 0.4) is 0 Å². The normalized spacial score (nSPS) is 10.3. The van der Waals surface area contributed by atoms with E-state index >= 15 is 0 Å². The third-order valence-electron chi connectivity index (χ3n) is 1.24. The van der Waals surface area contributed by atoms with Gasteiger partial charge in [-0.2, -0.15) is 8.78 Å². The van der Waals surface area contributed by atoms with Crippen LogP contribution in [0.5, 0.6) is 5.75 Å². The highest BCUT2D eigenvalue weighted by molar-refractivity contribution is 9.10. The standard InChI is InChI=1S/C6H3BrF2N2O3/c7-5-4(11(12)13)3(1-2-10-5)14-6(8)9/h1-2,6H. The average molecular weight is 269 g/mol. The number of hydrogen-bond acceptors (Lipinski definition) is 4. The Morgan fingerprint density at radius 3 is 2.79 bits per heavy atom. The molecule has 0 aromatic carbocycles. The summed E-state index contributed by atoms with van der Waals surface area (Å²) in [6.07, 6.45) is 1.12. The molecule has 1 rings (SSSR count). The second kappa shape index (κ2) is 4.27. The van der Waals surface area contributed by atoms with Crippen LogP contribution in [0.4, 0.5) is 14.5 Å². The minimum absolute atomic E-state index is 0.152. The van der Waals surface area contributed by atoms with Crippen LogP contribution in [0.1, 0.15) is 0 Å². The molecule has 0 aliphatic heterocycles. The molecule has 8 heteroatoms. The lowest BCUT2D eigenvalue weighted by molar-refractivity contribution is -0.387. The molecule has 0 saturated heterocycles. The van der Waals surface area contributed by atoms with Gasteiger partial charge in [0.1, 0.15) is 0 Å². The van der Waals surface area contributed by atoms with E-state index in [1.54, 1.807) is 0 Å². The summed E-state index contributed by atoms with van der Waals surface area (Å²) in [6.45, 7) is -3.11. The van der Waals surface area contributed by atoms with Crippen molar-refractivity contribution < 1.29 is 18.4 Å². The summed E-state index contributed by atoms with van der Waals surface area (Å²) >= 11 is 2.76. The Morgan fingerprint density at radius 1 is 1.64 bits per heavy atom. The van der Waals surface area contributed by atoms with E-state index < -0.39 is 23.0 Å². The third kappa shape index (κ3) is 2.34. The molecule has 0 radical (unpaired) electrons. The molecule has 0 unspecified atom stereocenters. The van der Waals surface area contributed by atoms with Gasteiger partial charge >= 0.3 is 12.3 Å². The monoisotopic (exact) mass is 268 g/mol. The second-order valence-corrected chi connectivity index (χ2v) is 2.84. The minimum Gasteiger partial charge on any atom is -0.427 e. The van der Waals surface area contributed by atoms with Gasteiger partial charge in [-0.15, -0.1) is 0 Å². The summed E-state index contributed by atoms with van der Waals surface area (Å²) in [4.78, 5) is 13.1. The van der Waals surface area contributed by atoms with E-state index in [4.69, 9.17) is 0 Å². The maximum absolute atomic E-state index is 11.8. The summed E-state index contributed by atoms with van der Waals surface area (Å²) < 4.78 is 27.4. The van der Waals surface area contributed by atoms with Gasteiger partial charge in [-0.25, -0.2) is 4.98 Å². The van der Waals surface area contributed by atoms with Gasteiger partial charge in [0.15, 0.2) is 4.60 Å². The lowest BCUT2D eigenvalue weighted by Crippen LogP contribution is -2.05. The van der Waals surface area contributed by atoms with Crippen molar-refractivity contribution in [3.05, 3.63) is 27.0 Å². The molecular formula is C6H3BrF2N2O3. The Hall–Kier alpha value is -1.31. The molecule has 1 aromatic heterocycles. The van der Waals surface area contributed by atoms with Crippen molar-refractivity contribution in [2.24, 2.45) is 0 Å². The molecule has 0 aliphatic rings. The first-order valence-corrected chi connectivity index (χ1v) is 4.05. The van der Waals surface area contributed by atoms with Gasteiger partial charge in [0.25, 0.3) is 0 Å². The fraction of sp³-hybridized carbons (Fsp3) is 0.167. The molecule has 0 fully saturated rings. The summed E-state index contributed by atoms with van der Waals surface area (Å²) in [5.74, 6) is -0.521. The Labute approximate surface area is 85.0 Å². The second-order valence-electron chi connectivity index (χ2n) is 2.08. The number of nitrogens with zero attached hydrogens (tertiary/aromatic N) is 2. The molecule has 76 valence electrons. The molecule has 1 aromatic rings. The van der Waals surface area contributed by atoms with Crippen molar-refractivity contribution in [2.75, 3.05) is 0 Å². The molecule has 0 amide bonds. The number of aromatic nitrogens is 1. The Balaban J connectivity index is 3.14. The van der Waals surface area contributed by atoms with Gasteiger partial charge < -0.3 is 4.74 Å². The SMILES string of the molecule is O=[N+]([O-])c1c(OC(F)F)ccnc1Br. The Morgan fingerprint density at radius 2 is 2.29 bits per heavy atom. The largest absolute Gasteiger partial charge is 0.427 e. The van der Waals surface area contributed by atoms with Gasteiger partial charge in [0.2, 0.25) is 5.75 Å². The highest BCUT2D eigenvalue weighted by Gasteiger charge is 2.22. The van der Waals surface area contributed by atoms with Crippen LogP contribution in [0.25, 0.3) is 0 Å². The number of hydrogen-bond donors (Lipinski definition) is 0. The highest BCUT2D eigenvalue weighted by Crippen LogP contribution is 2.33. The Bertz CT molecular complexity index is 361. The first-order chi connectivity index (χ1) is 6.52. The van der Waals surface area contributed by atoms with E-state index in [1.807, 2.05) is 0 Å². The third-order valence-corrected chi connectivity index (χ3v) is 1.82. The quantitative estimate of drug-likeness (QED) is 0.480. The average Bonchev–Trinajstić information content (AvgIpc) is 2.01. The van der Waals surface area contributed by atoms with Crippen LogP contribution < -0.4 is 4.74 Å². The van der Waals surface area contributed by atoms with E-state index in [-0.39, 0.29) is 4.60 Å². The predicted molar refractivity (Wildman–Crippen MR) is 45.2 cm³/mol. The van der Waals surface area contributed by atoms with Crippen LogP contribution in [-0.4, -0.2) is 16.5 Å². The van der Waals surface area contributed by atoms with Crippen molar-refractivity contribution in [3.63, 3.8) is 0 Å². The van der Waals surface area contributed by atoms with Crippen LogP contribution in [0, 0.1) is 10.1 Å². The van der Waals surface area contributed by atoms with Crippen molar-refractivity contribution in [1.82, 2.24) is 4.98 Å². The van der Waals surface area contributed by atoms with Gasteiger partial charge in [-0.05, 0) is 15.9 Å². The zero-order chi connectivity index (χ0) is 10.7. The molecule has 14 heavy (non-hydrogen) atoms. The van der Waals surface area contributed by atoms with Crippen LogP contribution >= 0.6 is 15.9 Å². The van der Waals surface area contributed by atoms with E-state index in [0.717, 1.165) is 12.3 Å². The van der Waals surface area contributed by atoms with Gasteiger partial charge in [-0.1, -0.05) is 0 Å². The molecule has 5 nitrogen and oxygen atoms in total. The number of nitro groups is 1. The highest BCUT2D eigenvalue weighted by atomic mass is 79.9. The maximum Gasteiger partial charge on any atom is 0.387 e. The van der Waals surface area contributed by atoms with E-state index in [0.29, 0.717) is 0 Å². The molecule has 0 spiro atoms. The lowest BCUT2D eigenvalue weighted by Gasteiger charge is -2.04. The summed E-state index contributed by atoms with van der Waals surface area (Å²) in [5.41, 5.74) is -0.618. The number of alkyl halides is 2.